The Morgan fingerprint density at radius 3 is 2.74 bits per heavy atom. The van der Waals surface area contributed by atoms with Crippen molar-refractivity contribution < 1.29 is 14.5 Å². The fourth-order valence-electron chi connectivity index (χ4n) is 1.31. The molecular formula is C11H12Cl2N2O4. The largest absolute Gasteiger partial charge is 0.378 e. The van der Waals surface area contributed by atoms with Gasteiger partial charge in [0.05, 0.1) is 18.1 Å². The van der Waals surface area contributed by atoms with Crippen molar-refractivity contribution in [1.29, 1.82) is 0 Å². The van der Waals surface area contributed by atoms with Gasteiger partial charge in [-0.15, -0.1) is 11.6 Å². The van der Waals surface area contributed by atoms with Crippen molar-refractivity contribution in [1.82, 2.24) is 5.32 Å². The van der Waals surface area contributed by atoms with Crippen molar-refractivity contribution >= 4 is 34.8 Å². The van der Waals surface area contributed by atoms with Gasteiger partial charge in [-0.05, 0) is 6.07 Å². The lowest BCUT2D eigenvalue weighted by molar-refractivity contribution is -0.384. The van der Waals surface area contributed by atoms with Crippen molar-refractivity contribution in [3.05, 3.63) is 38.9 Å². The van der Waals surface area contributed by atoms with Gasteiger partial charge in [-0.2, -0.15) is 0 Å². The molecule has 0 atom stereocenters. The highest BCUT2D eigenvalue weighted by atomic mass is 35.5. The van der Waals surface area contributed by atoms with Crippen LogP contribution in [0.5, 0.6) is 0 Å². The highest BCUT2D eigenvalue weighted by molar-refractivity contribution is 6.31. The van der Waals surface area contributed by atoms with Crippen LogP contribution in [-0.4, -0.2) is 36.5 Å². The van der Waals surface area contributed by atoms with E-state index in [-0.39, 0.29) is 22.8 Å². The zero-order valence-corrected chi connectivity index (χ0v) is 11.4. The van der Waals surface area contributed by atoms with E-state index in [1.807, 2.05) is 0 Å². The molecule has 1 amide bonds. The molecule has 1 aromatic rings. The first kappa shape index (κ1) is 15.7. The first-order chi connectivity index (χ1) is 9.04. The number of carbonyl (C=O) groups is 1. The number of nitrogens with zero attached hydrogens (tertiary/aromatic N) is 1. The van der Waals surface area contributed by atoms with Gasteiger partial charge in [0.25, 0.3) is 11.6 Å². The number of nitrogens with one attached hydrogen (secondary N) is 1. The summed E-state index contributed by atoms with van der Waals surface area (Å²) in [6.45, 7) is 1.01. The van der Waals surface area contributed by atoms with Crippen LogP contribution < -0.4 is 5.32 Å². The van der Waals surface area contributed by atoms with Crippen molar-refractivity contribution in [2.75, 3.05) is 25.6 Å². The molecule has 0 aliphatic rings. The standard InChI is InChI=1S/C11H12Cl2N2O4/c12-1-3-19-4-2-14-11(16)8-5-9(13)7-10(6-8)15(17)18/h5-7H,1-4H2,(H,14,16). The molecule has 0 bridgehead atoms. The average molecular weight is 307 g/mol. The van der Waals surface area contributed by atoms with Crippen LogP contribution in [0.25, 0.3) is 0 Å². The molecule has 0 heterocycles. The topological polar surface area (TPSA) is 81.5 Å². The summed E-state index contributed by atoms with van der Waals surface area (Å²) >= 11 is 11.1. The van der Waals surface area contributed by atoms with Crippen molar-refractivity contribution in [3.8, 4) is 0 Å². The Morgan fingerprint density at radius 2 is 2.11 bits per heavy atom. The molecule has 0 fully saturated rings. The number of hydrogen-bond donors (Lipinski definition) is 1. The van der Waals surface area contributed by atoms with Gasteiger partial charge in [0, 0.05) is 35.1 Å². The second-order valence-electron chi connectivity index (χ2n) is 3.51. The summed E-state index contributed by atoms with van der Waals surface area (Å²) in [5.74, 6) is -0.0610. The van der Waals surface area contributed by atoms with Gasteiger partial charge >= 0.3 is 0 Å². The number of non-ortho nitro benzene ring substituents is 1. The number of nitro benzene ring substituents is 1. The predicted molar refractivity (Wildman–Crippen MR) is 72.0 cm³/mol. The number of amides is 1. The summed E-state index contributed by atoms with van der Waals surface area (Å²) in [5.41, 5.74) is -0.0902. The molecule has 0 saturated carbocycles. The van der Waals surface area contributed by atoms with Gasteiger partial charge in [-0.25, -0.2) is 0 Å². The van der Waals surface area contributed by atoms with Crippen molar-refractivity contribution in [3.63, 3.8) is 0 Å². The summed E-state index contributed by atoms with van der Waals surface area (Å²) in [4.78, 5) is 21.8. The van der Waals surface area contributed by atoms with E-state index < -0.39 is 10.8 Å². The van der Waals surface area contributed by atoms with E-state index >= 15 is 0 Å². The van der Waals surface area contributed by atoms with Crippen LogP contribution >= 0.6 is 23.2 Å². The van der Waals surface area contributed by atoms with E-state index in [0.29, 0.717) is 19.1 Å². The van der Waals surface area contributed by atoms with Gasteiger partial charge in [-0.1, -0.05) is 11.6 Å². The van der Waals surface area contributed by atoms with Crippen LogP contribution in [0.1, 0.15) is 10.4 Å². The molecule has 0 aliphatic heterocycles. The lowest BCUT2D eigenvalue weighted by atomic mass is 10.2. The Kier molecular flexibility index (Phi) is 6.55. The second-order valence-corrected chi connectivity index (χ2v) is 4.33. The smallest absolute Gasteiger partial charge is 0.271 e. The Hall–Kier alpha value is -1.37. The molecule has 1 rings (SSSR count). The maximum Gasteiger partial charge on any atom is 0.271 e. The molecule has 1 N–H and O–H groups in total. The third kappa shape index (κ3) is 5.42. The van der Waals surface area contributed by atoms with Crippen LogP contribution in [0, 0.1) is 10.1 Å². The van der Waals surface area contributed by atoms with Crippen LogP contribution in [-0.2, 0) is 4.74 Å². The Labute approximate surface area is 119 Å². The molecular weight excluding hydrogens is 295 g/mol. The van der Waals surface area contributed by atoms with Crippen LogP contribution in [0.3, 0.4) is 0 Å². The normalized spacial score (nSPS) is 10.2. The van der Waals surface area contributed by atoms with Gasteiger partial charge in [-0.3, -0.25) is 14.9 Å². The molecule has 0 aromatic heterocycles. The molecule has 0 spiro atoms. The minimum absolute atomic E-state index is 0.136. The summed E-state index contributed by atoms with van der Waals surface area (Å²) in [6.07, 6.45) is 0. The number of hydrogen-bond acceptors (Lipinski definition) is 4. The highest BCUT2D eigenvalue weighted by Crippen LogP contribution is 2.20. The minimum Gasteiger partial charge on any atom is -0.378 e. The van der Waals surface area contributed by atoms with E-state index in [1.54, 1.807) is 0 Å². The molecule has 0 saturated heterocycles. The molecule has 8 heteroatoms. The second kappa shape index (κ2) is 7.93. The number of ether oxygens (including phenoxy) is 1. The molecule has 0 aliphatic carbocycles. The SMILES string of the molecule is O=C(NCCOCCCl)c1cc(Cl)cc([N+](=O)[O-])c1. The average Bonchev–Trinajstić information content (AvgIpc) is 2.37. The maximum absolute atomic E-state index is 11.7. The van der Waals surface area contributed by atoms with Crippen molar-refractivity contribution in [2.45, 2.75) is 0 Å². The number of rotatable bonds is 7. The van der Waals surface area contributed by atoms with E-state index in [9.17, 15) is 14.9 Å². The monoisotopic (exact) mass is 306 g/mol. The number of benzene rings is 1. The van der Waals surface area contributed by atoms with Crippen molar-refractivity contribution in [2.24, 2.45) is 0 Å². The number of alkyl halides is 1. The molecule has 0 unspecified atom stereocenters. The summed E-state index contributed by atoms with van der Waals surface area (Å²) in [5, 5.41) is 13.3. The summed E-state index contributed by atoms with van der Waals surface area (Å²) < 4.78 is 5.07. The third-order valence-corrected chi connectivity index (χ3v) is 2.48. The zero-order chi connectivity index (χ0) is 14.3. The number of halogens is 2. The molecule has 6 nitrogen and oxygen atoms in total. The Balaban J connectivity index is 2.59. The quantitative estimate of drug-likeness (QED) is 0.362. The van der Waals surface area contributed by atoms with Gasteiger partial charge in [0.15, 0.2) is 0 Å². The first-order valence-corrected chi connectivity index (χ1v) is 6.32. The van der Waals surface area contributed by atoms with Gasteiger partial charge in [0.1, 0.15) is 0 Å². The Bertz CT molecular complexity index is 468. The summed E-state index contributed by atoms with van der Waals surface area (Å²) in [7, 11) is 0. The van der Waals surface area contributed by atoms with E-state index in [1.165, 1.54) is 18.2 Å². The van der Waals surface area contributed by atoms with E-state index in [0.717, 1.165) is 0 Å². The molecule has 104 valence electrons. The third-order valence-electron chi connectivity index (χ3n) is 2.11. The molecule has 19 heavy (non-hydrogen) atoms. The zero-order valence-electron chi connectivity index (χ0n) is 9.90. The summed E-state index contributed by atoms with van der Waals surface area (Å²) in [6, 6.07) is 3.71. The van der Waals surface area contributed by atoms with Crippen LogP contribution in [0.4, 0.5) is 5.69 Å². The fraction of sp³-hybridized carbons (Fsp3) is 0.364. The van der Waals surface area contributed by atoms with Crippen LogP contribution in [0.15, 0.2) is 18.2 Å². The van der Waals surface area contributed by atoms with E-state index in [2.05, 4.69) is 5.32 Å². The highest BCUT2D eigenvalue weighted by Gasteiger charge is 2.13. The number of carbonyl (C=O) groups excluding carboxylic acids is 1. The molecule has 0 radical (unpaired) electrons. The predicted octanol–water partition coefficient (Wildman–Crippen LogP) is 2.23. The maximum atomic E-state index is 11.7. The fourth-order valence-corrected chi connectivity index (χ4v) is 1.64. The Morgan fingerprint density at radius 1 is 1.37 bits per heavy atom. The van der Waals surface area contributed by atoms with E-state index in [4.69, 9.17) is 27.9 Å². The van der Waals surface area contributed by atoms with Crippen LogP contribution in [0.2, 0.25) is 5.02 Å². The van der Waals surface area contributed by atoms with Gasteiger partial charge < -0.3 is 10.1 Å². The van der Waals surface area contributed by atoms with Gasteiger partial charge in [0.2, 0.25) is 0 Å². The molecule has 1 aromatic carbocycles. The lowest BCUT2D eigenvalue weighted by Gasteiger charge is -2.06. The number of nitro groups is 1. The lowest BCUT2D eigenvalue weighted by Crippen LogP contribution is -2.27. The minimum atomic E-state index is -0.605. The first-order valence-electron chi connectivity index (χ1n) is 5.41.